The minimum atomic E-state index is -1.00. The molecule has 0 saturated carbocycles. The number of nitrogens with zero attached hydrogens (tertiary/aromatic N) is 2. The number of aromatic nitrogens is 2. The van der Waals surface area contributed by atoms with E-state index < -0.39 is 5.97 Å². The van der Waals surface area contributed by atoms with Crippen LogP contribution in [0, 0.1) is 6.92 Å². The lowest BCUT2D eigenvalue weighted by Gasteiger charge is -2.03. The van der Waals surface area contributed by atoms with Gasteiger partial charge in [0.2, 0.25) is 0 Å². The maximum Gasteiger partial charge on any atom is 0.356 e. The fraction of sp³-hybridized carbons (Fsp3) is 0.333. The van der Waals surface area contributed by atoms with Crippen molar-refractivity contribution in [3.05, 3.63) is 35.4 Å². The first-order valence-corrected chi connectivity index (χ1v) is 5.34. The van der Waals surface area contributed by atoms with Crippen molar-refractivity contribution in [2.24, 2.45) is 0 Å². The molecular weight excluding hydrogens is 220 g/mol. The number of hydrogen-bond donors (Lipinski definition) is 1. The van der Waals surface area contributed by atoms with E-state index in [0.717, 1.165) is 11.5 Å². The summed E-state index contributed by atoms with van der Waals surface area (Å²) in [6.45, 7) is 2.45. The van der Waals surface area contributed by atoms with Crippen LogP contribution in [0.2, 0.25) is 0 Å². The second-order valence-corrected chi connectivity index (χ2v) is 3.81. The number of methoxy groups -OCH3 is 1. The monoisotopic (exact) mass is 234 g/mol. The Kier molecular flexibility index (Phi) is 3.10. The Morgan fingerprint density at radius 1 is 1.53 bits per heavy atom. The maximum atomic E-state index is 11.1. The van der Waals surface area contributed by atoms with E-state index >= 15 is 0 Å². The first-order chi connectivity index (χ1) is 8.15. The first kappa shape index (κ1) is 11.6. The normalized spacial score (nSPS) is 10.9. The van der Waals surface area contributed by atoms with Gasteiger partial charge in [0.1, 0.15) is 5.82 Å². The number of hydrogen-bond acceptors (Lipinski definition) is 3. The average Bonchev–Trinajstić information content (AvgIpc) is 2.67. The Hall–Kier alpha value is -1.88. The molecule has 0 spiro atoms. The fourth-order valence-electron chi connectivity index (χ4n) is 1.90. The van der Waals surface area contributed by atoms with E-state index in [0.29, 0.717) is 18.5 Å². The highest BCUT2D eigenvalue weighted by Crippen LogP contribution is 2.16. The molecule has 0 aromatic carbocycles. The van der Waals surface area contributed by atoms with Gasteiger partial charge in [0.05, 0.1) is 12.1 Å². The van der Waals surface area contributed by atoms with Gasteiger partial charge in [-0.3, -0.25) is 0 Å². The largest absolute Gasteiger partial charge is 0.476 e. The number of carboxylic acids is 1. The van der Waals surface area contributed by atoms with Gasteiger partial charge in [0, 0.05) is 19.2 Å². The number of aromatic carboxylic acids is 1. The van der Waals surface area contributed by atoms with E-state index in [1.54, 1.807) is 13.2 Å². The Morgan fingerprint density at radius 3 is 2.94 bits per heavy atom. The molecule has 5 heteroatoms. The van der Waals surface area contributed by atoms with Crippen LogP contribution in [0.25, 0.3) is 5.52 Å². The summed E-state index contributed by atoms with van der Waals surface area (Å²) in [4.78, 5) is 15.3. The van der Waals surface area contributed by atoms with E-state index in [-0.39, 0.29) is 5.69 Å². The number of carboxylic acid groups (broad SMARTS) is 1. The number of aryl methyl sites for hydroxylation is 1. The van der Waals surface area contributed by atoms with Crippen LogP contribution in [0.5, 0.6) is 0 Å². The van der Waals surface area contributed by atoms with Gasteiger partial charge >= 0.3 is 5.97 Å². The number of fused-ring (bicyclic) bond motifs is 1. The Bertz CT molecular complexity index is 560. The molecule has 17 heavy (non-hydrogen) atoms. The van der Waals surface area contributed by atoms with Crippen LogP contribution < -0.4 is 0 Å². The van der Waals surface area contributed by atoms with Crippen molar-refractivity contribution in [2.75, 3.05) is 13.7 Å². The molecule has 0 atom stereocenters. The first-order valence-electron chi connectivity index (χ1n) is 5.34. The van der Waals surface area contributed by atoms with Crippen LogP contribution in [0.4, 0.5) is 0 Å². The Balaban J connectivity index is 2.63. The highest BCUT2D eigenvalue weighted by molar-refractivity contribution is 5.93. The standard InChI is InChI=1S/C12H14N2O3/c1-8-4-3-5-9-11(12(15)16)13-10(14(8)9)6-7-17-2/h3-5H,6-7H2,1-2H3,(H,15,16). The van der Waals surface area contributed by atoms with Crippen LogP contribution in [-0.2, 0) is 11.2 Å². The number of carbonyl (C=O) groups is 1. The molecule has 5 nitrogen and oxygen atoms in total. The van der Waals surface area contributed by atoms with E-state index in [2.05, 4.69) is 4.98 Å². The van der Waals surface area contributed by atoms with Crippen molar-refractivity contribution < 1.29 is 14.6 Å². The predicted molar refractivity (Wildman–Crippen MR) is 62.5 cm³/mol. The molecule has 0 saturated heterocycles. The van der Waals surface area contributed by atoms with Gasteiger partial charge in [0.15, 0.2) is 5.69 Å². The zero-order valence-corrected chi connectivity index (χ0v) is 9.80. The summed E-state index contributed by atoms with van der Waals surface area (Å²) >= 11 is 0. The van der Waals surface area contributed by atoms with Crippen LogP contribution in [0.15, 0.2) is 18.2 Å². The van der Waals surface area contributed by atoms with Crippen LogP contribution in [-0.4, -0.2) is 34.2 Å². The van der Waals surface area contributed by atoms with Crippen LogP contribution in [0.1, 0.15) is 22.0 Å². The van der Waals surface area contributed by atoms with E-state index in [9.17, 15) is 4.79 Å². The van der Waals surface area contributed by atoms with E-state index in [1.807, 2.05) is 23.5 Å². The van der Waals surface area contributed by atoms with Gasteiger partial charge in [-0.2, -0.15) is 0 Å². The lowest BCUT2D eigenvalue weighted by molar-refractivity contribution is 0.0693. The second kappa shape index (κ2) is 4.55. The molecule has 1 N–H and O–H groups in total. The van der Waals surface area contributed by atoms with Crippen molar-refractivity contribution in [2.45, 2.75) is 13.3 Å². The summed E-state index contributed by atoms with van der Waals surface area (Å²) in [5, 5.41) is 9.11. The lowest BCUT2D eigenvalue weighted by Crippen LogP contribution is -2.02. The molecule has 0 aliphatic rings. The molecule has 0 bridgehead atoms. The summed E-state index contributed by atoms with van der Waals surface area (Å²) in [7, 11) is 1.61. The number of imidazole rings is 1. The molecule has 0 fully saturated rings. The Morgan fingerprint density at radius 2 is 2.29 bits per heavy atom. The van der Waals surface area contributed by atoms with Crippen molar-refractivity contribution >= 4 is 11.5 Å². The topological polar surface area (TPSA) is 63.8 Å². The lowest BCUT2D eigenvalue weighted by atomic mass is 10.3. The van der Waals surface area contributed by atoms with Gasteiger partial charge in [-0.05, 0) is 19.1 Å². The molecule has 0 amide bonds. The molecule has 2 aromatic rings. The number of rotatable bonds is 4. The highest BCUT2D eigenvalue weighted by atomic mass is 16.5. The van der Waals surface area contributed by atoms with Crippen molar-refractivity contribution in [3.8, 4) is 0 Å². The third-order valence-corrected chi connectivity index (χ3v) is 2.66. The van der Waals surface area contributed by atoms with E-state index in [1.165, 1.54) is 0 Å². The molecular formula is C12H14N2O3. The summed E-state index contributed by atoms with van der Waals surface area (Å²) in [5.41, 5.74) is 1.69. The summed E-state index contributed by atoms with van der Waals surface area (Å²) in [6, 6.07) is 5.52. The van der Waals surface area contributed by atoms with Crippen LogP contribution in [0.3, 0.4) is 0 Å². The summed E-state index contributed by atoms with van der Waals surface area (Å²) < 4.78 is 6.87. The molecule has 90 valence electrons. The van der Waals surface area contributed by atoms with Crippen molar-refractivity contribution in [1.82, 2.24) is 9.38 Å². The van der Waals surface area contributed by atoms with Gasteiger partial charge in [-0.1, -0.05) is 6.07 Å². The quantitative estimate of drug-likeness (QED) is 0.871. The number of ether oxygens (including phenoxy) is 1. The molecule has 2 aromatic heterocycles. The van der Waals surface area contributed by atoms with Gasteiger partial charge in [0.25, 0.3) is 0 Å². The summed E-state index contributed by atoms with van der Waals surface area (Å²) in [5.74, 6) is -0.283. The molecule has 0 aliphatic carbocycles. The molecule has 2 heterocycles. The molecule has 2 rings (SSSR count). The van der Waals surface area contributed by atoms with Gasteiger partial charge < -0.3 is 14.2 Å². The fourth-order valence-corrected chi connectivity index (χ4v) is 1.90. The number of pyridine rings is 1. The van der Waals surface area contributed by atoms with E-state index in [4.69, 9.17) is 9.84 Å². The van der Waals surface area contributed by atoms with Gasteiger partial charge in [-0.25, -0.2) is 9.78 Å². The van der Waals surface area contributed by atoms with Crippen molar-refractivity contribution in [1.29, 1.82) is 0 Å². The molecule has 0 unspecified atom stereocenters. The minimum Gasteiger partial charge on any atom is -0.476 e. The average molecular weight is 234 g/mol. The predicted octanol–water partition coefficient (Wildman–Crippen LogP) is 1.53. The van der Waals surface area contributed by atoms with Crippen molar-refractivity contribution in [3.63, 3.8) is 0 Å². The van der Waals surface area contributed by atoms with Gasteiger partial charge in [-0.15, -0.1) is 0 Å². The second-order valence-electron chi connectivity index (χ2n) is 3.81. The zero-order valence-electron chi connectivity index (χ0n) is 9.80. The third-order valence-electron chi connectivity index (χ3n) is 2.66. The highest BCUT2D eigenvalue weighted by Gasteiger charge is 2.16. The summed E-state index contributed by atoms with van der Waals surface area (Å²) in [6.07, 6.45) is 0.593. The SMILES string of the molecule is COCCc1nc(C(=O)O)c2cccc(C)n12. The third kappa shape index (κ3) is 2.01. The smallest absolute Gasteiger partial charge is 0.356 e. The molecule has 0 radical (unpaired) electrons. The minimum absolute atomic E-state index is 0.0970. The maximum absolute atomic E-state index is 11.1. The van der Waals surface area contributed by atoms with Crippen LogP contribution >= 0.6 is 0 Å². The molecule has 0 aliphatic heterocycles. The Labute approximate surface area is 98.7 Å². The zero-order chi connectivity index (χ0) is 12.4.